The van der Waals surface area contributed by atoms with Gasteiger partial charge in [-0.1, -0.05) is 24.3 Å². The van der Waals surface area contributed by atoms with Gasteiger partial charge in [0, 0.05) is 31.7 Å². The monoisotopic (exact) mass is 417 g/mol. The number of amides is 2. The van der Waals surface area contributed by atoms with E-state index in [1.807, 2.05) is 23.1 Å². The first-order valence-corrected chi connectivity index (χ1v) is 9.77. The van der Waals surface area contributed by atoms with Crippen LogP contribution in [-0.4, -0.2) is 36.3 Å². The number of carbonyl (C=O) groups excluding carboxylic acids is 2. The van der Waals surface area contributed by atoms with E-state index in [-0.39, 0.29) is 36.1 Å². The first-order valence-electron chi connectivity index (χ1n) is 9.77. The summed E-state index contributed by atoms with van der Waals surface area (Å²) in [5.41, 5.74) is 3.90. The number of piperazine rings is 1. The van der Waals surface area contributed by atoms with E-state index in [0.29, 0.717) is 25.9 Å². The van der Waals surface area contributed by atoms with Crippen LogP contribution in [0.25, 0.3) is 0 Å². The van der Waals surface area contributed by atoms with E-state index < -0.39 is 0 Å². The summed E-state index contributed by atoms with van der Waals surface area (Å²) in [4.78, 5) is 26.2. The number of nitrogens with zero attached hydrogens (tertiary/aromatic N) is 1. The van der Waals surface area contributed by atoms with E-state index >= 15 is 0 Å². The Kier molecular flexibility index (Phi) is 6.87. The molecule has 29 heavy (non-hydrogen) atoms. The highest BCUT2D eigenvalue weighted by atomic mass is 35.5. The normalized spacial score (nSPS) is 18.0. The number of fused-ring (bicyclic) bond motifs is 1. The molecule has 2 aromatic rings. The molecule has 154 valence electrons. The number of carbonyl (C=O) groups is 2. The van der Waals surface area contributed by atoms with Gasteiger partial charge in [-0.3, -0.25) is 9.59 Å². The van der Waals surface area contributed by atoms with Crippen LogP contribution >= 0.6 is 12.4 Å². The van der Waals surface area contributed by atoms with E-state index in [2.05, 4.69) is 16.7 Å². The fourth-order valence-electron chi connectivity index (χ4n) is 4.04. The quantitative estimate of drug-likeness (QED) is 0.785. The first kappa shape index (κ1) is 21.3. The van der Waals surface area contributed by atoms with E-state index in [1.54, 1.807) is 6.07 Å². The summed E-state index contributed by atoms with van der Waals surface area (Å²) >= 11 is 0. The number of anilines is 1. The van der Waals surface area contributed by atoms with E-state index in [0.717, 1.165) is 41.8 Å². The van der Waals surface area contributed by atoms with Gasteiger partial charge in [0.15, 0.2) is 0 Å². The minimum atomic E-state index is -0.278. The molecular weight excluding hydrogens is 393 g/mol. The Hall–Kier alpha value is -2.44. The van der Waals surface area contributed by atoms with Gasteiger partial charge in [0.25, 0.3) is 0 Å². The molecule has 2 aromatic carbocycles. The molecule has 2 amide bonds. The zero-order chi connectivity index (χ0) is 19.5. The van der Waals surface area contributed by atoms with Gasteiger partial charge in [0.1, 0.15) is 5.82 Å². The summed E-state index contributed by atoms with van der Waals surface area (Å²) in [6.45, 7) is 2.02. The molecule has 1 fully saturated rings. The number of nitrogens with one attached hydrogen (secondary N) is 2. The third-order valence-electron chi connectivity index (χ3n) is 5.45. The topological polar surface area (TPSA) is 61.4 Å². The molecule has 2 aliphatic rings. The lowest BCUT2D eigenvalue weighted by atomic mass is 10.0. The van der Waals surface area contributed by atoms with Gasteiger partial charge in [-0.25, -0.2) is 4.39 Å². The number of benzene rings is 2. The van der Waals surface area contributed by atoms with Crippen LogP contribution in [0.4, 0.5) is 10.1 Å². The van der Waals surface area contributed by atoms with Gasteiger partial charge in [-0.15, -0.1) is 12.4 Å². The Morgan fingerprint density at radius 1 is 1.21 bits per heavy atom. The molecular formula is C22H25ClFN3O2. The summed E-state index contributed by atoms with van der Waals surface area (Å²) < 4.78 is 13.6. The zero-order valence-electron chi connectivity index (χ0n) is 16.1. The maximum Gasteiger partial charge on any atom is 0.228 e. The Labute approximate surface area is 176 Å². The van der Waals surface area contributed by atoms with Crippen molar-refractivity contribution in [3.8, 4) is 0 Å². The maximum absolute atomic E-state index is 13.6. The fraction of sp³-hybridized carbons (Fsp3) is 0.364. The van der Waals surface area contributed by atoms with Gasteiger partial charge in [0.2, 0.25) is 11.8 Å². The van der Waals surface area contributed by atoms with Crippen LogP contribution in [0.2, 0.25) is 0 Å². The van der Waals surface area contributed by atoms with Crippen LogP contribution in [0.15, 0.2) is 42.5 Å². The number of hydrogen-bond donors (Lipinski definition) is 2. The van der Waals surface area contributed by atoms with E-state index in [9.17, 15) is 14.0 Å². The van der Waals surface area contributed by atoms with Crippen LogP contribution in [0, 0.1) is 5.82 Å². The van der Waals surface area contributed by atoms with Crippen molar-refractivity contribution < 1.29 is 14.0 Å². The number of hydrogen-bond acceptors (Lipinski definition) is 3. The molecule has 5 nitrogen and oxygen atoms in total. The average Bonchev–Trinajstić information content (AvgIpc) is 3.07. The molecule has 0 radical (unpaired) electrons. The third kappa shape index (κ3) is 4.95. The molecule has 1 saturated heterocycles. The second-order valence-electron chi connectivity index (χ2n) is 7.43. The van der Waals surface area contributed by atoms with Gasteiger partial charge in [0.05, 0.1) is 12.5 Å². The predicted molar refractivity (Wildman–Crippen MR) is 113 cm³/mol. The average molecular weight is 418 g/mol. The highest BCUT2D eigenvalue weighted by Crippen LogP contribution is 2.26. The lowest BCUT2D eigenvalue weighted by Gasteiger charge is -2.36. The molecule has 7 heteroatoms. The lowest BCUT2D eigenvalue weighted by molar-refractivity contribution is -0.134. The summed E-state index contributed by atoms with van der Waals surface area (Å²) in [7, 11) is 0. The Balaban J connectivity index is 0.00000240. The van der Waals surface area contributed by atoms with Crippen LogP contribution in [0.1, 0.15) is 35.6 Å². The van der Waals surface area contributed by atoms with Crippen molar-refractivity contribution in [2.45, 2.75) is 31.7 Å². The van der Waals surface area contributed by atoms with Crippen molar-refractivity contribution in [2.75, 3.05) is 25.0 Å². The standard InChI is InChI=1S/C22H24FN3O2.ClH/c23-18-5-2-4-16(12-18)20-14-24-9-10-26(20)22(28)6-1-3-15-7-8-19-17(11-15)13-21(27)25-19;/h2,4-5,7-8,11-12,20,24H,1,3,6,9-10,13-14H2,(H,25,27);1H. The molecule has 2 heterocycles. The van der Waals surface area contributed by atoms with Crippen LogP contribution < -0.4 is 10.6 Å². The maximum atomic E-state index is 13.6. The third-order valence-corrected chi connectivity index (χ3v) is 5.45. The van der Waals surface area contributed by atoms with Crippen molar-refractivity contribution in [2.24, 2.45) is 0 Å². The molecule has 1 atom stereocenters. The predicted octanol–water partition coefficient (Wildman–Crippen LogP) is 3.24. The van der Waals surface area contributed by atoms with Crippen LogP contribution in [-0.2, 0) is 22.4 Å². The first-order chi connectivity index (χ1) is 13.6. The Morgan fingerprint density at radius 3 is 2.90 bits per heavy atom. The summed E-state index contributed by atoms with van der Waals surface area (Å²) in [6, 6.07) is 12.4. The number of halogens is 2. The minimum Gasteiger partial charge on any atom is -0.333 e. The molecule has 4 rings (SSSR count). The summed E-state index contributed by atoms with van der Waals surface area (Å²) in [6.07, 6.45) is 2.43. The van der Waals surface area contributed by atoms with Crippen molar-refractivity contribution in [3.63, 3.8) is 0 Å². The summed E-state index contributed by atoms with van der Waals surface area (Å²) in [5, 5.41) is 6.13. The highest BCUT2D eigenvalue weighted by Gasteiger charge is 2.27. The van der Waals surface area contributed by atoms with Crippen molar-refractivity contribution in [1.82, 2.24) is 10.2 Å². The Morgan fingerprint density at radius 2 is 2.07 bits per heavy atom. The molecule has 0 aliphatic carbocycles. The molecule has 2 aliphatic heterocycles. The van der Waals surface area contributed by atoms with Gasteiger partial charge >= 0.3 is 0 Å². The fourth-order valence-corrected chi connectivity index (χ4v) is 4.04. The molecule has 0 bridgehead atoms. The van der Waals surface area contributed by atoms with E-state index in [1.165, 1.54) is 12.1 Å². The van der Waals surface area contributed by atoms with Crippen LogP contribution in [0.5, 0.6) is 0 Å². The van der Waals surface area contributed by atoms with Gasteiger partial charge < -0.3 is 15.5 Å². The highest BCUT2D eigenvalue weighted by molar-refractivity contribution is 5.99. The second-order valence-corrected chi connectivity index (χ2v) is 7.43. The summed E-state index contributed by atoms with van der Waals surface area (Å²) in [5.74, 6) is -0.141. The second kappa shape index (κ2) is 9.37. The lowest BCUT2D eigenvalue weighted by Crippen LogP contribution is -2.48. The van der Waals surface area contributed by atoms with Crippen molar-refractivity contribution >= 4 is 29.9 Å². The SMILES string of the molecule is Cl.O=C1Cc2cc(CCCC(=O)N3CCNCC3c3cccc(F)c3)ccc2N1. The molecule has 0 saturated carbocycles. The molecule has 2 N–H and O–H groups in total. The largest absolute Gasteiger partial charge is 0.333 e. The molecule has 0 aromatic heterocycles. The minimum absolute atomic E-state index is 0. The smallest absolute Gasteiger partial charge is 0.228 e. The molecule has 1 unspecified atom stereocenters. The van der Waals surface area contributed by atoms with Crippen molar-refractivity contribution in [3.05, 3.63) is 65.0 Å². The number of aryl methyl sites for hydroxylation is 1. The Bertz CT molecular complexity index is 905. The van der Waals surface area contributed by atoms with Gasteiger partial charge in [-0.05, 0) is 47.7 Å². The van der Waals surface area contributed by atoms with Crippen molar-refractivity contribution in [1.29, 1.82) is 0 Å². The number of rotatable bonds is 5. The zero-order valence-corrected chi connectivity index (χ0v) is 16.9. The van der Waals surface area contributed by atoms with E-state index in [4.69, 9.17) is 0 Å². The van der Waals surface area contributed by atoms with Crippen LogP contribution in [0.3, 0.4) is 0 Å². The molecule has 0 spiro atoms. The van der Waals surface area contributed by atoms with Gasteiger partial charge in [-0.2, -0.15) is 0 Å².